The van der Waals surface area contributed by atoms with Crippen LogP contribution in [0.25, 0.3) is 0 Å². The number of nitrogens with zero attached hydrogens (tertiary/aromatic N) is 1. The topological polar surface area (TPSA) is 24.5 Å². The van der Waals surface area contributed by atoms with E-state index in [4.69, 9.17) is 4.74 Å². The Balaban J connectivity index is 1.43. The standard InChI is InChI=1S/C18H25F3N2O/c19-18(20,21)13-23-9-6-16(7-10-23)22-12-15-8-11-24-17(15)14-4-2-1-3-5-14/h1-5,15-17,22H,6-13H2/t15-,17-/m0/s1. The quantitative estimate of drug-likeness (QED) is 0.888. The number of ether oxygens (including phenoxy) is 1. The van der Waals surface area contributed by atoms with Crippen LogP contribution in [0, 0.1) is 5.92 Å². The molecule has 0 saturated carbocycles. The van der Waals surface area contributed by atoms with Crippen LogP contribution in [0.1, 0.15) is 30.9 Å². The van der Waals surface area contributed by atoms with Crippen molar-refractivity contribution in [2.75, 3.05) is 32.8 Å². The lowest BCUT2D eigenvalue weighted by atomic mass is 9.94. The molecule has 3 nitrogen and oxygen atoms in total. The van der Waals surface area contributed by atoms with Crippen molar-refractivity contribution in [1.82, 2.24) is 10.2 Å². The van der Waals surface area contributed by atoms with E-state index < -0.39 is 12.7 Å². The van der Waals surface area contributed by atoms with Crippen molar-refractivity contribution in [2.24, 2.45) is 5.92 Å². The Morgan fingerprint density at radius 2 is 1.79 bits per heavy atom. The van der Waals surface area contributed by atoms with Crippen LogP contribution in [-0.4, -0.2) is 49.9 Å². The molecule has 2 heterocycles. The largest absolute Gasteiger partial charge is 0.401 e. The van der Waals surface area contributed by atoms with Crippen molar-refractivity contribution in [3.63, 3.8) is 0 Å². The van der Waals surface area contributed by atoms with Crippen molar-refractivity contribution < 1.29 is 17.9 Å². The molecule has 2 fully saturated rings. The SMILES string of the molecule is FC(F)(F)CN1CCC(NC[C@@H]2CCO[C@H]2c2ccccc2)CC1. The molecule has 1 N–H and O–H groups in total. The molecule has 0 amide bonds. The maximum absolute atomic E-state index is 12.4. The number of likely N-dealkylation sites (tertiary alicyclic amines) is 1. The second-order valence-corrected chi connectivity index (χ2v) is 6.82. The number of benzene rings is 1. The summed E-state index contributed by atoms with van der Waals surface area (Å²) in [5, 5.41) is 3.56. The predicted molar refractivity (Wildman–Crippen MR) is 86.8 cm³/mol. The van der Waals surface area contributed by atoms with Gasteiger partial charge in [-0.05, 0) is 37.9 Å². The molecule has 0 aliphatic carbocycles. The maximum Gasteiger partial charge on any atom is 0.401 e. The molecule has 2 atom stereocenters. The molecule has 6 heteroatoms. The normalized spacial score (nSPS) is 26.8. The van der Waals surface area contributed by atoms with Gasteiger partial charge in [0, 0.05) is 25.1 Å². The van der Waals surface area contributed by atoms with Gasteiger partial charge >= 0.3 is 6.18 Å². The van der Waals surface area contributed by atoms with E-state index in [0.29, 0.717) is 25.0 Å². The summed E-state index contributed by atoms with van der Waals surface area (Å²) < 4.78 is 43.2. The molecule has 3 rings (SSSR count). The zero-order valence-corrected chi connectivity index (χ0v) is 13.8. The zero-order valence-electron chi connectivity index (χ0n) is 13.8. The lowest BCUT2D eigenvalue weighted by Crippen LogP contribution is -2.46. The molecule has 0 bridgehead atoms. The monoisotopic (exact) mass is 342 g/mol. The summed E-state index contributed by atoms with van der Waals surface area (Å²) in [5.41, 5.74) is 1.21. The second kappa shape index (κ2) is 7.85. The summed E-state index contributed by atoms with van der Waals surface area (Å²) in [6, 6.07) is 10.6. The van der Waals surface area contributed by atoms with Gasteiger partial charge < -0.3 is 10.1 Å². The summed E-state index contributed by atoms with van der Waals surface area (Å²) in [6.07, 6.45) is -1.38. The molecule has 0 aromatic heterocycles. The van der Waals surface area contributed by atoms with Gasteiger partial charge in [0.1, 0.15) is 0 Å². The first-order valence-corrected chi connectivity index (χ1v) is 8.70. The van der Waals surface area contributed by atoms with Gasteiger partial charge in [-0.1, -0.05) is 30.3 Å². The van der Waals surface area contributed by atoms with Crippen LogP contribution in [-0.2, 0) is 4.74 Å². The highest BCUT2D eigenvalue weighted by molar-refractivity contribution is 5.19. The zero-order chi connectivity index (χ0) is 17.0. The van der Waals surface area contributed by atoms with Gasteiger partial charge in [-0.25, -0.2) is 0 Å². The van der Waals surface area contributed by atoms with Crippen LogP contribution in [0.15, 0.2) is 30.3 Å². The number of piperidine rings is 1. The van der Waals surface area contributed by atoms with Gasteiger partial charge in [-0.3, -0.25) is 4.90 Å². The molecule has 1 aromatic carbocycles. The van der Waals surface area contributed by atoms with Crippen molar-refractivity contribution in [3.8, 4) is 0 Å². The second-order valence-electron chi connectivity index (χ2n) is 6.82. The number of alkyl halides is 3. The number of nitrogens with one attached hydrogen (secondary N) is 1. The molecule has 0 unspecified atom stereocenters. The fourth-order valence-corrected chi connectivity index (χ4v) is 3.72. The number of hydrogen-bond acceptors (Lipinski definition) is 3. The Hall–Kier alpha value is -1.11. The molecule has 2 aliphatic rings. The van der Waals surface area contributed by atoms with Crippen LogP contribution in [0.2, 0.25) is 0 Å². The highest BCUT2D eigenvalue weighted by Gasteiger charge is 2.33. The van der Waals surface area contributed by atoms with E-state index >= 15 is 0 Å². The van der Waals surface area contributed by atoms with Crippen molar-refractivity contribution >= 4 is 0 Å². The molecule has 2 aliphatic heterocycles. The fourth-order valence-electron chi connectivity index (χ4n) is 3.72. The van der Waals surface area contributed by atoms with Crippen LogP contribution in [0.4, 0.5) is 13.2 Å². The van der Waals surface area contributed by atoms with Gasteiger partial charge in [0.05, 0.1) is 12.6 Å². The molecule has 0 spiro atoms. The summed E-state index contributed by atoms with van der Waals surface area (Å²) >= 11 is 0. The van der Waals surface area contributed by atoms with E-state index in [2.05, 4.69) is 17.4 Å². The van der Waals surface area contributed by atoms with Crippen LogP contribution >= 0.6 is 0 Å². The molecule has 0 radical (unpaired) electrons. The molecule has 1 aromatic rings. The molecular formula is C18H25F3N2O. The summed E-state index contributed by atoms with van der Waals surface area (Å²) in [6.45, 7) is 1.88. The van der Waals surface area contributed by atoms with Crippen molar-refractivity contribution in [3.05, 3.63) is 35.9 Å². The average Bonchev–Trinajstić information content (AvgIpc) is 3.02. The molecule has 134 valence electrons. The minimum absolute atomic E-state index is 0.129. The lowest BCUT2D eigenvalue weighted by Gasteiger charge is -2.33. The van der Waals surface area contributed by atoms with Gasteiger partial charge in [-0.2, -0.15) is 13.2 Å². The van der Waals surface area contributed by atoms with E-state index in [-0.39, 0.29) is 6.10 Å². The Morgan fingerprint density at radius 3 is 2.46 bits per heavy atom. The first-order valence-electron chi connectivity index (χ1n) is 8.70. The van der Waals surface area contributed by atoms with E-state index in [1.54, 1.807) is 0 Å². The Kier molecular flexibility index (Phi) is 5.79. The number of halogens is 3. The van der Waals surface area contributed by atoms with Crippen LogP contribution < -0.4 is 5.32 Å². The van der Waals surface area contributed by atoms with Gasteiger partial charge in [0.25, 0.3) is 0 Å². The highest BCUT2D eigenvalue weighted by Crippen LogP contribution is 2.34. The van der Waals surface area contributed by atoms with Gasteiger partial charge in [0.15, 0.2) is 0 Å². The summed E-state index contributed by atoms with van der Waals surface area (Å²) in [4.78, 5) is 1.50. The number of rotatable bonds is 5. The number of hydrogen-bond donors (Lipinski definition) is 1. The fraction of sp³-hybridized carbons (Fsp3) is 0.667. The first-order chi connectivity index (χ1) is 11.5. The first kappa shape index (κ1) is 17.7. The van der Waals surface area contributed by atoms with E-state index in [9.17, 15) is 13.2 Å². The predicted octanol–water partition coefficient (Wildman–Crippen LogP) is 3.38. The summed E-state index contributed by atoms with van der Waals surface area (Å²) in [7, 11) is 0. The third-order valence-corrected chi connectivity index (χ3v) is 5.00. The minimum atomic E-state index is -4.09. The molecule has 24 heavy (non-hydrogen) atoms. The molecule has 2 saturated heterocycles. The van der Waals surface area contributed by atoms with Crippen molar-refractivity contribution in [1.29, 1.82) is 0 Å². The van der Waals surface area contributed by atoms with Crippen LogP contribution in [0.5, 0.6) is 0 Å². The smallest absolute Gasteiger partial charge is 0.373 e. The minimum Gasteiger partial charge on any atom is -0.373 e. The third-order valence-electron chi connectivity index (χ3n) is 5.00. The Labute approximate surface area is 141 Å². The van der Waals surface area contributed by atoms with E-state index in [1.807, 2.05) is 18.2 Å². The van der Waals surface area contributed by atoms with Gasteiger partial charge in [-0.15, -0.1) is 0 Å². The van der Waals surface area contributed by atoms with Crippen LogP contribution in [0.3, 0.4) is 0 Å². The van der Waals surface area contributed by atoms with E-state index in [1.165, 1.54) is 10.5 Å². The van der Waals surface area contributed by atoms with E-state index in [0.717, 1.165) is 32.4 Å². The Bertz CT molecular complexity index is 501. The Morgan fingerprint density at radius 1 is 1.08 bits per heavy atom. The lowest BCUT2D eigenvalue weighted by molar-refractivity contribution is -0.148. The average molecular weight is 342 g/mol. The maximum atomic E-state index is 12.4. The van der Waals surface area contributed by atoms with Crippen molar-refractivity contribution in [2.45, 2.75) is 37.6 Å². The highest BCUT2D eigenvalue weighted by atomic mass is 19.4. The third kappa shape index (κ3) is 4.94. The summed E-state index contributed by atoms with van der Waals surface area (Å²) in [5.74, 6) is 0.431. The van der Waals surface area contributed by atoms with Gasteiger partial charge in [0.2, 0.25) is 0 Å². The molecular weight excluding hydrogens is 317 g/mol.